The van der Waals surface area contributed by atoms with Gasteiger partial charge in [0.15, 0.2) is 0 Å². The quantitative estimate of drug-likeness (QED) is 0.852. The van der Waals surface area contributed by atoms with E-state index in [1.54, 1.807) is 0 Å². The molecule has 0 aromatic heterocycles. The summed E-state index contributed by atoms with van der Waals surface area (Å²) in [5.41, 5.74) is 2.13. The van der Waals surface area contributed by atoms with E-state index < -0.39 is 0 Å². The minimum atomic E-state index is 0. The van der Waals surface area contributed by atoms with Crippen molar-refractivity contribution in [1.82, 2.24) is 10.6 Å². The summed E-state index contributed by atoms with van der Waals surface area (Å²) in [6, 6.07) is 9.78. The summed E-state index contributed by atoms with van der Waals surface area (Å²) >= 11 is 4.00. The third-order valence-electron chi connectivity index (χ3n) is 4.88. The maximum atomic E-state index is 12.4. The predicted octanol–water partition coefficient (Wildman–Crippen LogP) is 3.60. The Morgan fingerprint density at radius 2 is 1.65 bits per heavy atom. The van der Waals surface area contributed by atoms with Crippen molar-refractivity contribution in [2.75, 3.05) is 11.5 Å². The first kappa shape index (κ1) is 17.5. The molecule has 2 unspecified atom stereocenters. The molecule has 0 radical (unpaired) electrons. The Labute approximate surface area is 152 Å². The van der Waals surface area contributed by atoms with E-state index in [4.69, 9.17) is 0 Å². The van der Waals surface area contributed by atoms with Gasteiger partial charge in [0.2, 0.25) is 0 Å². The molecular weight excluding hydrogens is 348 g/mol. The highest BCUT2D eigenvalue weighted by Gasteiger charge is 2.34. The monoisotopic (exact) mass is 370 g/mol. The molecule has 4 rings (SSSR count). The minimum Gasteiger partial charge on any atom is -0.349 e. The lowest BCUT2D eigenvalue weighted by atomic mass is 9.99. The van der Waals surface area contributed by atoms with Gasteiger partial charge in [-0.1, -0.05) is 12.1 Å². The van der Waals surface area contributed by atoms with Gasteiger partial charge >= 0.3 is 0 Å². The van der Waals surface area contributed by atoms with Gasteiger partial charge in [0.25, 0.3) is 5.91 Å². The molecular formula is C17H23ClN2OS2. The number of amides is 1. The van der Waals surface area contributed by atoms with E-state index in [2.05, 4.69) is 22.8 Å². The molecule has 0 saturated carbocycles. The Kier molecular flexibility index (Phi) is 5.83. The van der Waals surface area contributed by atoms with Gasteiger partial charge in [0, 0.05) is 35.2 Å². The molecule has 3 aliphatic rings. The standard InChI is InChI=1S/C17H22N2OS2.ClH/c20-16(19-15-9-13-5-6-14(10-15)18-13)11-1-3-12(4-2-11)17-21-7-8-22-17;/h1-4,13-15,17-18H,5-10H2,(H,19,20);1H. The highest BCUT2D eigenvalue weighted by Crippen LogP contribution is 2.45. The summed E-state index contributed by atoms with van der Waals surface area (Å²) < 4.78 is 0.553. The van der Waals surface area contributed by atoms with Gasteiger partial charge in [-0.25, -0.2) is 0 Å². The zero-order valence-electron chi connectivity index (χ0n) is 13.0. The summed E-state index contributed by atoms with van der Waals surface area (Å²) in [5, 5.41) is 6.85. The minimum absolute atomic E-state index is 0. The number of carbonyl (C=O) groups excluding carboxylic acids is 1. The number of hydrogen-bond donors (Lipinski definition) is 2. The molecule has 1 aromatic rings. The molecule has 2 bridgehead atoms. The Bertz CT molecular complexity index is 536. The summed E-state index contributed by atoms with van der Waals surface area (Å²) in [6.07, 6.45) is 4.69. The predicted molar refractivity (Wildman–Crippen MR) is 102 cm³/mol. The number of halogens is 1. The molecule has 0 aliphatic carbocycles. The normalized spacial score (nSPS) is 30.0. The number of carbonyl (C=O) groups is 1. The molecule has 23 heavy (non-hydrogen) atoms. The number of nitrogens with one attached hydrogen (secondary N) is 2. The van der Waals surface area contributed by atoms with Gasteiger partial charge in [-0.2, -0.15) is 0 Å². The average molecular weight is 371 g/mol. The SMILES string of the molecule is Cl.O=C(NC1CC2CCC(C1)N2)c1ccc(C2SCCS2)cc1. The van der Waals surface area contributed by atoms with Crippen LogP contribution < -0.4 is 10.6 Å². The molecule has 1 aromatic carbocycles. The first-order valence-corrected chi connectivity index (χ1v) is 10.3. The van der Waals surface area contributed by atoms with Crippen LogP contribution in [-0.2, 0) is 0 Å². The number of piperidine rings is 1. The van der Waals surface area contributed by atoms with Gasteiger partial charge in [0.1, 0.15) is 0 Å². The molecule has 3 heterocycles. The number of rotatable bonds is 3. The largest absolute Gasteiger partial charge is 0.349 e. The van der Waals surface area contributed by atoms with Crippen molar-refractivity contribution < 1.29 is 4.79 Å². The second kappa shape index (κ2) is 7.68. The van der Waals surface area contributed by atoms with Crippen LogP contribution in [-0.4, -0.2) is 35.5 Å². The molecule has 3 fully saturated rings. The Morgan fingerprint density at radius 1 is 1.04 bits per heavy atom. The van der Waals surface area contributed by atoms with Crippen molar-refractivity contribution in [3.63, 3.8) is 0 Å². The van der Waals surface area contributed by atoms with Crippen molar-refractivity contribution >= 4 is 41.8 Å². The van der Waals surface area contributed by atoms with Gasteiger partial charge in [-0.15, -0.1) is 35.9 Å². The Morgan fingerprint density at radius 3 is 2.26 bits per heavy atom. The Balaban J connectivity index is 0.00000156. The molecule has 3 nitrogen and oxygen atoms in total. The summed E-state index contributed by atoms with van der Waals surface area (Å²) in [7, 11) is 0. The number of benzene rings is 1. The fraction of sp³-hybridized carbons (Fsp3) is 0.588. The smallest absolute Gasteiger partial charge is 0.251 e. The summed E-state index contributed by atoms with van der Waals surface area (Å²) in [4.78, 5) is 12.4. The second-order valence-corrected chi connectivity index (χ2v) is 9.20. The van der Waals surface area contributed by atoms with Crippen LogP contribution in [0, 0.1) is 0 Å². The molecule has 3 saturated heterocycles. The van der Waals surface area contributed by atoms with Gasteiger partial charge in [-0.3, -0.25) is 4.79 Å². The van der Waals surface area contributed by atoms with Crippen LogP contribution in [0.3, 0.4) is 0 Å². The zero-order valence-corrected chi connectivity index (χ0v) is 15.4. The van der Waals surface area contributed by atoms with E-state index in [1.807, 2.05) is 35.7 Å². The second-order valence-electron chi connectivity index (χ2n) is 6.48. The number of thioether (sulfide) groups is 2. The van der Waals surface area contributed by atoms with Crippen molar-refractivity contribution in [3.05, 3.63) is 35.4 Å². The summed E-state index contributed by atoms with van der Waals surface area (Å²) in [5.74, 6) is 2.55. The highest BCUT2D eigenvalue weighted by atomic mass is 35.5. The topological polar surface area (TPSA) is 41.1 Å². The lowest BCUT2D eigenvalue weighted by Crippen LogP contribution is -2.48. The molecule has 1 amide bonds. The molecule has 6 heteroatoms. The number of fused-ring (bicyclic) bond motifs is 2. The third kappa shape index (κ3) is 4.01. The lowest BCUT2D eigenvalue weighted by molar-refractivity contribution is 0.0924. The number of hydrogen-bond acceptors (Lipinski definition) is 4. The molecule has 2 N–H and O–H groups in total. The van der Waals surface area contributed by atoms with Crippen LogP contribution >= 0.6 is 35.9 Å². The van der Waals surface area contributed by atoms with Crippen molar-refractivity contribution in [2.24, 2.45) is 0 Å². The van der Waals surface area contributed by atoms with Crippen molar-refractivity contribution in [2.45, 2.75) is 48.4 Å². The highest BCUT2D eigenvalue weighted by molar-refractivity contribution is 8.19. The van der Waals surface area contributed by atoms with Crippen LogP contribution in [0.15, 0.2) is 24.3 Å². The zero-order chi connectivity index (χ0) is 14.9. The Hall–Kier alpha value is -0.360. The van der Waals surface area contributed by atoms with Gasteiger partial charge in [-0.05, 0) is 43.4 Å². The van der Waals surface area contributed by atoms with E-state index in [0.29, 0.717) is 22.7 Å². The fourth-order valence-electron chi connectivity index (χ4n) is 3.79. The first-order chi connectivity index (χ1) is 10.8. The van der Waals surface area contributed by atoms with Gasteiger partial charge in [0.05, 0.1) is 4.58 Å². The van der Waals surface area contributed by atoms with Crippen LogP contribution in [0.2, 0.25) is 0 Å². The van der Waals surface area contributed by atoms with E-state index in [-0.39, 0.29) is 18.3 Å². The first-order valence-electron chi connectivity index (χ1n) is 8.18. The molecule has 2 atom stereocenters. The van der Waals surface area contributed by atoms with Crippen LogP contribution in [0.4, 0.5) is 0 Å². The maximum Gasteiger partial charge on any atom is 0.251 e. The van der Waals surface area contributed by atoms with Crippen molar-refractivity contribution in [3.8, 4) is 0 Å². The van der Waals surface area contributed by atoms with Gasteiger partial charge < -0.3 is 10.6 Å². The fourth-order valence-corrected chi connectivity index (χ4v) is 6.65. The maximum absolute atomic E-state index is 12.4. The van der Waals surface area contributed by atoms with Crippen LogP contribution in [0.25, 0.3) is 0 Å². The average Bonchev–Trinajstić information content (AvgIpc) is 3.17. The van der Waals surface area contributed by atoms with Crippen LogP contribution in [0.5, 0.6) is 0 Å². The van der Waals surface area contributed by atoms with E-state index in [0.717, 1.165) is 18.4 Å². The van der Waals surface area contributed by atoms with Crippen LogP contribution in [0.1, 0.15) is 46.2 Å². The van der Waals surface area contributed by atoms with E-state index in [1.165, 1.54) is 29.9 Å². The van der Waals surface area contributed by atoms with Crippen molar-refractivity contribution in [1.29, 1.82) is 0 Å². The van der Waals surface area contributed by atoms with E-state index >= 15 is 0 Å². The van der Waals surface area contributed by atoms with E-state index in [9.17, 15) is 4.79 Å². The molecule has 3 aliphatic heterocycles. The lowest BCUT2D eigenvalue weighted by Gasteiger charge is -2.29. The summed E-state index contributed by atoms with van der Waals surface area (Å²) in [6.45, 7) is 0. The third-order valence-corrected chi connectivity index (χ3v) is 7.98. The molecule has 126 valence electrons. The molecule has 0 spiro atoms.